The Morgan fingerprint density at radius 2 is 1.92 bits per heavy atom. The molecule has 2 heterocycles. The van der Waals surface area contributed by atoms with Crippen molar-refractivity contribution in [1.82, 2.24) is 4.40 Å². The number of aryl methyl sites for hydroxylation is 1. The SMILES string of the molecule is Cc1ccc2ccc(Br)c(=O)n2c1. The Morgan fingerprint density at radius 1 is 1.23 bits per heavy atom. The van der Waals surface area contributed by atoms with Crippen molar-refractivity contribution in [3.63, 3.8) is 0 Å². The normalized spacial score (nSPS) is 10.6. The molecule has 0 aliphatic rings. The lowest BCUT2D eigenvalue weighted by molar-refractivity contribution is 1.07. The fourth-order valence-corrected chi connectivity index (χ4v) is 1.60. The van der Waals surface area contributed by atoms with Crippen LogP contribution in [0.5, 0.6) is 0 Å². The molecule has 0 bridgehead atoms. The van der Waals surface area contributed by atoms with Gasteiger partial charge in [-0.15, -0.1) is 0 Å². The van der Waals surface area contributed by atoms with Crippen LogP contribution >= 0.6 is 15.9 Å². The van der Waals surface area contributed by atoms with E-state index in [-0.39, 0.29) is 5.56 Å². The summed E-state index contributed by atoms with van der Waals surface area (Å²) in [6.45, 7) is 1.97. The highest BCUT2D eigenvalue weighted by Gasteiger charge is 1.99. The zero-order chi connectivity index (χ0) is 9.42. The fourth-order valence-electron chi connectivity index (χ4n) is 1.27. The summed E-state index contributed by atoms with van der Waals surface area (Å²) in [6.07, 6.45) is 1.84. The first-order chi connectivity index (χ1) is 6.18. The molecule has 3 heteroatoms. The summed E-state index contributed by atoms with van der Waals surface area (Å²) in [5.74, 6) is 0. The van der Waals surface area contributed by atoms with Gasteiger partial charge in [-0.1, -0.05) is 6.07 Å². The van der Waals surface area contributed by atoms with Crippen molar-refractivity contribution in [3.8, 4) is 0 Å². The van der Waals surface area contributed by atoms with E-state index in [1.165, 1.54) is 0 Å². The van der Waals surface area contributed by atoms with Gasteiger partial charge in [0.05, 0.1) is 4.47 Å². The predicted octanol–water partition coefficient (Wildman–Crippen LogP) is 2.37. The minimum atomic E-state index is -0.0128. The molecule has 0 spiro atoms. The van der Waals surface area contributed by atoms with Crippen molar-refractivity contribution < 1.29 is 0 Å². The summed E-state index contributed by atoms with van der Waals surface area (Å²) in [5, 5.41) is 0. The van der Waals surface area contributed by atoms with E-state index < -0.39 is 0 Å². The molecule has 0 N–H and O–H groups in total. The number of hydrogen-bond acceptors (Lipinski definition) is 1. The number of rotatable bonds is 0. The third-order valence-corrected chi connectivity index (χ3v) is 2.55. The van der Waals surface area contributed by atoms with E-state index in [1.807, 2.05) is 31.3 Å². The second-order valence-corrected chi connectivity index (χ2v) is 3.84. The molecule has 0 aromatic carbocycles. The van der Waals surface area contributed by atoms with Gasteiger partial charge in [0.1, 0.15) is 0 Å². The zero-order valence-electron chi connectivity index (χ0n) is 7.12. The monoisotopic (exact) mass is 237 g/mol. The van der Waals surface area contributed by atoms with Gasteiger partial charge in [-0.25, -0.2) is 0 Å². The largest absolute Gasteiger partial charge is 0.283 e. The van der Waals surface area contributed by atoms with E-state index in [1.54, 1.807) is 10.5 Å². The van der Waals surface area contributed by atoms with Gasteiger partial charge in [-0.2, -0.15) is 0 Å². The van der Waals surface area contributed by atoms with E-state index in [9.17, 15) is 4.79 Å². The number of aromatic nitrogens is 1. The number of fused-ring (bicyclic) bond motifs is 1. The number of halogens is 1. The van der Waals surface area contributed by atoms with E-state index in [4.69, 9.17) is 0 Å². The highest BCUT2D eigenvalue weighted by Crippen LogP contribution is 2.07. The third kappa shape index (κ3) is 1.40. The van der Waals surface area contributed by atoms with Crippen molar-refractivity contribution in [2.45, 2.75) is 6.92 Å². The Bertz CT molecular complexity index is 511. The standard InChI is InChI=1S/C10H8BrNO/c1-7-2-3-8-4-5-9(11)10(13)12(8)6-7/h2-6H,1H3. The first kappa shape index (κ1) is 8.51. The van der Waals surface area contributed by atoms with E-state index >= 15 is 0 Å². The highest BCUT2D eigenvalue weighted by atomic mass is 79.9. The minimum absolute atomic E-state index is 0.0128. The molecular weight excluding hydrogens is 230 g/mol. The van der Waals surface area contributed by atoms with Gasteiger partial charge >= 0.3 is 0 Å². The molecular formula is C10H8BrNO. The lowest BCUT2D eigenvalue weighted by Crippen LogP contribution is -2.13. The summed E-state index contributed by atoms with van der Waals surface area (Å²) in [6, 6.07) is 7.60. The lowest BCUT2D eigenvalue weighted by atomic mass is 10.3. The van der Waals surface area contributed by atoms with E-state index in [2.05, 4.69) is 15.9 Å². The average Bonchev–Trinajstić information content (AvgIpc) is 2.12. The molecule has 0 atom stereocenters. The highest BCUT2D eigenvalue weighted by molar-refractivity contribution is 9.10. The number of hydrogen-bond donors (Lipinski definition) is 0. The van der Waals surface area contributed by atoms with Crippen LogP contribution in [0, 0.1) is 6.92 Å². The summed E-state index contributed by atoms with van der Waals surface area (Å²) in [7, 11) is 0. The van der Waals surface area contributed by atoms with Crippen LogP contribution in [0.1, 0.15) is 5.56 Å². The van der Waals surface area contributed by atoms with Crippen molar-refractivity contribution in [2.75, 3.05) is 0 Å². The van der Waals surface area contributed by atoms with Gasteiger partial charge in [0, 0.05) is 11.7 Å². The van der Waals surface area contributed by atoms with Crippen LogP contribution in [-0.4, -0.2) is 4.40 Å². The van der Waals surface area contributed by atoms with Gasteiger partial charge in [0.2, 0.25) is 0 Å². The maximum atomic E-state index is 11.6. The molecule has 0 aliphatic carbocycles. The Balaban J connectivity index is 2.97. The second kappa shape index (κ2) is 3.00. The molecule has 2 rings (SSSR count). The Morgan fingerprint density at radius 3 is 2.69 bits per heavy atom. The lowest BCUT2D eigenvalue weighted by Gasteiger charge is -2.01. The van der Waals surface area contributed by atoms with Crippen molar-refractivity contribution in [2.24, 2.45) is 0 Å². The molecule has 66 valence electrons. The maximum absolute atomic E-state index is 11.6. The Labute approximate surface area is 84.0 Å². The van der Waals surface area contributed by atoms with Crippen molar-refractivity contribution in [3.05, 3.63) is 50.9 Å². The molecule has 0 unspecified atom stereocenters. The molecule has 2 nitrogen and oxygen atoms in total. The van der Waals surface area contributed by atoms with Crippen LogP contribution < -0.4 is 5.56 Å². The van der Waals surface area contributed by atoms with Crippen molar-refractivity contribution >= 4 is 21.4 Å². The molecule has 0 amide bonds. The van der Waals surface area contributed by atoms with Crippen molar-refractivity contribution in [1.29, 1.82) is 0 Å². The smallest absolute Gasteiger partial charge is 0.269 e. The number of nitrogens with zero attached hydrogens (tertiary/aromatic N) is 1. The molecule has 0 saturated carbocycles. The Hall–Kier alpha value is -1.09. The van der Waals surface area contributed by atoms with Crippen LogP contribution in [0.2, 0.25) is 0 Å². The van der Waals surface area contributed by atoms with Crippen LogP contribution in [0.3, 0.4) is 0 Å². The Kier molecular flexibility index (Phi) is 1.96. The van der Waals surface area contributed by atoms with E-state index in [0.717, 1.165) is 11.1 Å². The van der Waals surface area contributed by atoms with Crippen LogP contribution in [0.4, 0.5) is 0 Å². The second-order valence-electron chi connectivity index (χ2n) is 2.99. The van der Waals surface area contributed by atoms with Crippen LogP contribution in [0.15, 0.2) is 39.7 Å². The zero-order valence-corrected chi connectivity index (χ0v) is 8.71. The first-order valence-corrected chi connectivity index (χ1v) is 4.75. The first-order valence-electron chi connectivity index (χ1n) is 3.96. The predicted molar refractivity (Wildman–Crippen MR) is 56.1 cm³/mol. The minimum Gasteiger partial charge on any atom is -0.283 e. The molecule has 2 aromatic heterocycles. The molecule has 0 saturated heterocycles. The summed E-state index contributed by atoms with van der Waals surface area (Å²) < 4.78 is 2.23. The van der Waals surface area contributed by atoms with E-state index in [0.29, 0.717) is 4.47 Å². The van der Waals surface area contributed by atoms with Gasteiger partial charge in [-0.3, -0.25) is 9.20 Å². The molecule has 0 radical (unpaired) electrons. The number of pyridine rings is 2. The van der Waals surface area contributed by atoms with Crippen LogP contribution in [-0.2, 0) is 0 Å². The summed E-state index contributed by atoms with van der Waals surface area (Å²) in [4.78, 5) is 11.6. The topological polar surface area (TPSA) is 21.5 Å². The van der Waals surface area contributed by atoms with Gasteiger partial charge in [0.25, 0.3) is 5.56 Å². The summed E-state index contributed by atoms with van der Waals surface area (Å²) >= 11 is 3.21. The average molecular weight is 238 g/mol. The van der Waals surface area contributed by atoms with Gasteiger partial charge < -0.3 is 0 Å². The quantitative estimate of drug-likeness (QED) is 0.690. The molecule has 2 aromatic rings. The summed E-state index contributed by atoms with van der Waals surface area (Å²) in [5.41, 5.74) is 1.98. The molecule has 0 aliphatic heterocycles. The van der Waals surface area contributed by atoms with Gasteiger partial charge in [-0.05, 0) is 46.6 Å². The fraction of sp³-hybridized carbons (Fsp3) is 0.100. The molecule has 13 heavy (non-hydrogen) atoms. The third-order valence-electron chi connectivity index (χ3n) is 1.95. The molecule has 0 fully saturated rings. The van der Waals surface area contributed by atoms with Gasteiger partial charge in [0.15, 0.2) is 0 Å². The maximum Gasteiger partial charge on any atom is 0.269 e. The van der Waals surface area contributed by atoms with Crippen LogP contribution in [0.25, 0.3) is 5.52 Å².